The van der Waals surface area contributed by atoms with Gasteiger partial charge in [-0.3, -0.25) is 14.3 Å². The van der Waals surface area contributed by atoms with Crippen molar-refractivity contribution in [3.05, 3.63) is 41.6 Å². The van der Waals surface area contributed by atoms with Gasteiger partial charge in [0.15, 0.2) is 5.69 Å². The molecule has 1 aromatic carbocycles. The molecule has 4 rings (SSSR count). The summed E-state index contributed by atoms with van der Waals surface area (Å²) in [5.41, 5.74) is -0.565. The predicted molar refractivity (Wildman–Crippen MR) is 124 cm³/mol. The van der Waals surface area contributed by atoms with E-state index < -0.39 is 23.7 Å². The summed E-state index contributed by atoms with van der Waals surface area (Å²) in [6, 6.07) is 6.14. The lowest BCUT2D eigenvalue weighted by Crippen LogP contribution is -2.44. The Bertz CT molecular complexity index is 1040. The van der Waals surface area contributed by atoms with Crippen LogP contribution in [-0.2, 0) is 11.0 Å². The first-order chi connectivity index (χ1) is 16.8. The van der Waals surface area contributed by atoms with E-state index in [1.807, 2.05) is 0 Å². The van der Waals surface area contributed by atoms with Crippen LogP contribution < -0.4 is 10.6 Å². The number of aliphatic hydroxyl groups excluding tert-OH is 1. The van der Waals surface area contributed by atoms with E-state index in [2.05, 4.69) is 15.7 Å². The number of benzene rings is 1. The molecule has 0 saturated heterocycles. The van der Waals surface area contributed by atoms with E-state index in [1.165, 1.54) is 24.3 Å². The first-order valence-electron chi connectivity index (χ1n) is 12.2. The van der Waals surface area contributed by atoms with E-state index in [1.54, 1.807) is 4.68 Å². The maximum absolute atomic E-state index is 13.7. The van der Waals surface area contributed by atoms with Crippen LogP contribution in [0.2, 0.25) is 0 Å². The van der Waals surface area contributed by atoms with Gasteiger partial charge in [0, 0.05) is 30.7 Å². The molecule has 2 fully saturated rings. The van der Waals surface area contributed by atoms with Crippen LogP contribution in [-0.4, -0.2) is 45.4 Å². The molecule has 2 aliphatic rings. The zero-order chi connectivity index (χ0) is 25.0. The molecular weight excluding hydrogens is 461 g/mol. The first-order valence-corrected chi connectivity index (χ1v) is 12.2. The molecule has 2 saturated carbocycles. The van der Waals surface area contributed by atoms with Crippen molar-refractivity contribution in [2.45, 2.75) is 82.1 Å². The molecule has 190 valence electrons. The van der Waals surface area contributed by atoms with Crippen molar-refractivity contribution in [1.82, 2.24) is 20.4 Å². The lowest BCUT2D eigenvalue weighted by molar-refractivity contribution is -0.137. The SMILES string of the molecule is O=C(CC(CCO)NC(=O)c1cc(-c2ccccc2C(F)(F)F)n(C2CCCC2)n1)NC1CCC1. The number of alkyl halides is 3. The zero-order valence-electron chi connectivity index (χ0n) is 19.5. The smallest absolute Gasteiger partial charge is 0.396 e. The van der Waals surface area contributed by atoms with Crippen LogP contribution in [0.5, 0.6) is 0 Å². The monoisotopic (exact) mass is 492 g/mol. The van der Waals surface area contributed by atoms with Gasteiger partial charge in [0.05, 0.1) is 17.3 Å². The predicted octanol–water partition coefficient (Wildman–Crippen LogP) is 4.22. The number of halogens is 3. The molecule has 0 aliphatic heterocycles. The van der Waals surface area contributed by atoms with Crippen molar-refractivity contribution in [3.8, 4) is 11.3 Å². The van der Waals surface area contributed by atoms with Crippen molar-refractivity contribution in [1.29, 1.82) is 0 Å². The highest BCUT2D eigenvalue weighted by Crippen LogP contribution is 2.40. The second-order valence-corrected chi connectivity index (χ2v) is 9.42. The Morgan fingerprint density at radius 1 is 1.11 bits per heavy atom. The summed E-state index contributed by atoms with van der Waals surface area (Å²) in [5, 5.41) is 19.5. The van der Waals surface area contributed by atoms with Crippen molar-refractivity contribution in [3.63, 3.8) is 0 Å². The van der Waals surface area contributed by atoms with Crippen molar-refractivity contribution < 1.29 is 27.9 Å². The van der Waals surface area contributed by atoms with Gasteiger partial charge in [-0.2, -0.15) is 18.3 Å². The molecule has 0 radical (unpaired) electrons. The molecule has 1 aromatic heterocycles. The molecule has 2 amide bonds. The highest BCUT2D eigenvalue weighted by molar-refractivity contribution is 5.94. The van der Waals surface area contributed by atoms with E-state index >= 15 is 0 Å². The van der Waals surface area contributed by atoms with Crippen LogP contribution in [0, 0.1) is 0 Å². The molecule has 1 atom stereocenters. The quantitative estimate of drug-likeness (QED) is 0.488. The summed E-state index contributed by atoms with van der Waals surface area (Å²) < 4.78 is 42.8. The number of rotatable bonds is 9. The average molecular weight is 493 g/mol. The number of amides is 2. The summed E-state index contributed by atoms with van der Waals surface area (Å²) >= 11 is 0. The molecule has 0 bridgehead atoms. The number of nitrogens with one attached hydrogen (secondary N) is 2. The number of aliphatic hydroxyl groups is 1. The van der Waals surface area contributed by atoms with E-state index in [4.69, 9.17) is 0 Å². The largest absolute Gasteiger partial charge is 0.417 e. The third-order valence-electron chi connectivity index (χ3n) is 6.86. The fourth-order valence-electron chi connectivity index (χ4n) is 4.79. The number of aromatic nitrogens is 2. The third-order valence-corrected chi connectivity index (χ3v) is 6.86. The Kier molecular flexibility index (Phi) is 7.78. The van der Waals surface area contributed by atoms with Crippen LogP contribution in [0.15, 0.2) is 30.3 Å². The van der Waals surface area contributed by atoms with E-state index in [9.17, 15) is 27.9 Å². The molecule has 2 aromatic rings. The summed E-state index contributed by atoms with van der Waals surface area (Å²) in [6.07, 6.45) is 2.02. The Labute approximate surface area is 202 Å². The normalized spacial score (nSPS) is 17.7. The Balaban J connectivity index is 1.58. The van der Waals surface area contributed by atoms with E-state index in [-0.39, 0.29) is 54.4 Å². The second kappa shape index (κ2) is 10.8. The summed E-state index contributed by atoms with van der Waals surface area (Å²) in [5.74, 6) is -0.785. The lowest BCUT2D eigenvalue weighted by atomic mass is 9.93. The standard InChI is InChI=1S/C25H31F3N4O3/c26-25(27,28)20-11-4-3-10-19(20)22-15-21(31-32(22)18-8-1-2-9-18)24(35)30-17(12-13-33)14-23(34)29-16-6-5-7-16/h3-4,10-11,15-18,33H,1-2,5-9,12-14H2,(H,29,34)(H,30,35). The molecule has 0 spiro atoms. The molecule has 1 heterocycles. The van der Waals surface area contributed by atoms with Crippen LogP contribution in [0.3, 0.4) is 0 Å². The Hall–Kier alpha value is -2.88. The average Bonchev–Trinajstić information content (AvgIpc) is 3.46. The molecular formula is C25H31F3N4O3. The molecule has 10 heteroatoms. The lowest BCUT2D eigenvalue weighted by Gasteiger charge is -2.27. The number of hydrogen-bond donors (Lipinski definition) is 3. The number of carbonyl (C=O) groups excluding carboxylic acids is 2. The van der Waals surface area contributed by atoms with Gasteiger partial charge < -0.3 is 15.7 Å². The fourth-order valence-corrected chi connectivity index (χ4v) is 4.79. The molecule has 35 heavy (non-hydrogen) atoms. The van der Waals surface area contributed by atoms with Crippen LogP contribution >= 0.6 is 0 Å². The first kappa shape index (κ1) is 25.2. The van der Waals surface area contributed by atoms with Crippen molar-refractivity contribution >= 4 is 11.8 Å². The fraction of sp³-hybridized carbons (Fsp3) is 0.560. The highest BCUT2D eigenvalue weighted by Gasteiger charge is 2.35. The van der Waals surface area contributed by atoms with Crippen molar-refractivity contribution in [2.24, 2.45) is 0 Å². The minimum absolute atomic E-state index is 0.00813. The second-order valence-electron chi connectivity index (χ2n) is 9.42. The summed E-state index contributed by atoms with van der Waals surface area (Å²) in [6.45, 7) is -0.220. The highest BCUT2D eigenvalue weighted by atomic mass is 19.4. The van der Waals surface area contributed by atoms with Gasteiger partial charge in [0.2, 0.25) is 5.91 Å². The summed E-state index contributed by atoms with van der Waals surface area (Å²) in [7, 11) is 0. The minimum atomic E-state index is -4.55. The topological polar surface area (TPSA) is 96.3 Å². The number of nitrogens with zero attached hydrogens (tertiary/aromatic N) is 2. The Morgan fingerprint density at radius 3 is 2.46 bits per heavy atom. The van der Waals surface area contributed by atoms with Crippen LogP contribution in [0.25, 0.3) is 11.3 Å². The van der Waals surface area contributed by atoms with Crippen molar-refractivity contribution in [2.75, 3.05) is 6.61 Å². The summed E-state index contributed by atoms with van der Waals surface area (Å²) in [4.78, 5) is 25.4. The maximum atomic E-state index is 13.7. The van der Waals surface area contributed by atoms with Gasteiger partial charge in [0.25, 0.3) is 5.91 Å². The van der Waals surface area contributed by atoms with Gasteiger partial charge in [-0.25, -0.2) is 0 Å². The third kappa shape index (κ3) is 6.04. The molecule has 1 unspecified atom stereocenters. The number of carbonyl (C=O) groups is 2. The van der Waals surface area contributed by atoms with E-state index in [0.29, 0.717) is 0 Å². The zero-order valence-corrected chi connectivity index (χ0v) is 19.5. The van der Waals surface area contributed by atoms with Gasteiger partial charge in [-0.15, -0.1) is 0 Å². The van der Waals surface area contributed by atoms with Gasteiger partial charge >= 0.3 is 6.18 Å². The van der Waals surface area contributed by atoms with Crippen LogP contribution in [0.4, 0.5) is 13.2 Å². The van der Waals surface area contributed by atoms with E-state index in [0.717, 1.165) is 51.0 Å². The van der Waals surface area contributed by atoms with Crippen LogP contribution in [0.1, 0.15) is 79.9 Å². The Morgan fingerprint density at radius 2 is 1.83 bits per heavy atom. The maximum Gasteiger partial charge on any atom is 0.417 e. The van der Waals surface area contributed by atoms with Gasteiger partial charge in [-0.05, 0) is 50.7 Å². The molecule has 2 aliphatic carbocycles. The molecule has 7 nitrogen and oxygen atoms in total. The number of hydrogen-bond acceptors (Lipinski definition) is 4. The van der Waals surface area contributed by atoms with Gasteiger partial charge in [-0.1, -0.05) is 31.0 Å². The molecule has 3 N–H and O–H groups in total. The van der Waals surface area contributed by atoms with Gasteiger partial charge in [0.1, 0.15) is 0 Å². The minimum Gasteiger partial charge on any atom is -0.396 e.